The topological polar surface area (TPSA) is 82.0 Å². The van der Waals surface area contributed by atoms with Crippen molar-refractivity contribution in [2.24, 2.45) is 0 Å². The summed E-state index contributed by atoms with van der Waals surface area (Å²) >= 11 is 5.20. The Balaban J connectivity index is 3.31. The van der Waals surface area contributed by atoms with Gasteiger partial charge in [-0.1, -0.05) is 0 Å². The van der Waals surface area contributed by atoms with Crippen LogP contribution in [0.2, 0.25) is 0 Å². The Kier molecular flexibility index (Phi) is 6.65. The summed E-state index contributed by atoms with van der Waals surface area (Å²) in [5.74, 6) is -0.717. The van der Waals surface area contributed by atoms with Gasteiger partial charge in [0.05, 0.1) is 6.07 Å². The van der Waals surface area contributed by atoms with Crippen LogP contribution in [-0.2, 0) is 9.59 Å². The van der Waals surface area contributed by atoms with Crippen molar-refractivity contribution in [1.82, 2.24) is 10.6 Å². The van der Waals surface area contributed by atoms with Crippen molar-refractivity contribution in [3.8, 4) is 6.07 Å². The molecule has 0 rings (SSSR count). The fraction of sp³-hybridized carbons (Fsp3) is 0.571. The molecule has 0 atom stereocenters. The lowest BCUT2D eigenvalue weighted by atomic mass is 10.4. The van der Waals surface area contributed by atoms with Crippen LogP contribution in [0.5, 0.6) is 0 Å². The minimum Gasteiger partial charge on any atom is -0.353 e. The number of nitrogens with one attached hydrogen (secondary N) is 2. The molecule has 0 bridgehead atoms. The molecule has 0 aromatic rings. The van der Waals surface area contributed by atoms with Gasteiger partial charge in [0.15, 0.2) is 0 Å². The van der Waals surface area contributed by atoms with Crippen molar-refractivity contribution in [2.45, 2.75) is 6.42 Å². The molecule has 2 amide bonds. The van der Waals surface area contributed by atoms with Crippen molar-refractivity contribution in [2.75, 3.05) is 19.0 Å². The lowest BCUT2D eigenvalue weighted by Crippen LogP contribution is -2.34. The van der Waals surface area contributed by atoms with E-state index in [0.29, 0.717) is 13.1 Å². The van der Waals surface area contributed by atoms with Crippen LogP contribution in [0.15, 0.2) is 0 Å². The zero-order chi connectivity index (χ0) is 10.1. The number of alkyl halides is 1. The molecule has 0 saturated carbocycles. The first-order chi connectivity index (χ1) is 6.20. The smallest absolute Gasteiger partial charge is 0.234 e. The Morgan fingerprint density at radius 1 is 1.23 bits per heavy atom. The molecular formula is C7H10ClN3O2. The maximum absolute atomic E-state index is 10.7. The summed E-state index contributed by atoms with van der Waals surface area (Å²) in [6.45, 7) is 0.631. The first-order valence-corrected chi connectivity index (χ1v) is 4.20. The Labute approximate surface area is 81.0 Å². The van der Waals surface area contributed by atoms with E-state index in [9.17, 15) is 9.59 Å². The van der Waals surface area contributed by atoms with Gasteiger partial charge in [0, 0.05) is 13.1 Å². The molecule has 0 aliphatic rings. The second-order valence-corrected chi connectivity index (χ2v) is 2.44. The van der Waals surface area contributed by atoms with E-state index in [4.69, 9.17) is 16.9 Å². The van der Waals surface area contributed by atoms with Crippen molar-refractivity contribution < 1.29 is 9.59 Å². The van der Waals surface area contributed by atoms with Crippen molar-refractivity contribution >= 4 is 23.4 Å². The fourth-order valence-electron chi connectivity index (χ4n) is 0.585. The van der Waals surface area contributed by atoms with E-state index in [-0.39, 0.29) is 24.1 Å². The molecule has 0 fully saturated rings. The normalized spacial score (nSPS) is 8.62. The Morgan fingerprint density at radius 2 is 1.77 bits per heavy atom. The van der Waals surface area contributed by atoms with Gasteiger partial charge in [-0.05, 0) is 0 Å². The van der Waals surface area contributed by atoms with E-state index in [1.165, 1.54) is 0 Å². The monoisotopic (exact) mass is 203 g/mol. The van der Waals surface area contributed by atoms with Crippen LogP contribution in [0.25, 0.3) is 0 Å². The van der Waals surface area contributed by atoms with Gasteiger partial charge < -0.3 is 10.6 Å². The summed E-state index contributed by atoms with van der Waals surface area (Å²) in [5.41, 5.74) is 0. The predicted octanol–water partition coefficient (Wildman–Crippen LogP) is -0.629. The molecule has 0 saturated heterocycles. The maximum Gasteiger partial charge on any atom is 0.234 e. The minimum atomic E-state index is -0.345. The van der Waals surface area contributed by atoms with E-state index in [0.717, 1.165) is 0 Å². The highest BCUT2D eigenvalue weighted by Crippen LogP contribution is 1.75. The van der Waals surface area contributed by atoms with Gasteiger partial charge >= 0.3 is 0 Å². The second-order valence-electron chi connectivity index (χ2n) is 2.17. The number of carbonyl (C=O) groups excluding carboxylic acids is 2. The van der Waals surface area contributed by atoms with Gasteiger partial charge in [-0.25, -0.2) is 0 Å². The van der Waals surface area contributed by atoms with E-state index >= 15 is 0 Å². The number of hydrogen-bond donors (Lipinski definition) is 2. The molecule has 0 aliphatic heterocycles. The van der Waals surface area contributed by atoms with Gasteiger partial charge in [-0.3, -0.25) is 9.59 Å². The minimum absolute atomic E-state index is 0.0911. The summed E-state index contributed by atoms with van der Waals surface area (Å²) in [4.78, 5) is 21.3. The fourth-order valence-corrected chi connectivity index (χ4v) is 0.680. The zero-order valence-corrected chi connectivity index (χ0v) is 7.73. The van der Waals surface area contributed by atoms with Crippen LogP contribution in [0, 0.1) is 11.3 Å². The molecule has 0 aromatic heterocycles. The van der Waals surface area contributed by atoms with Crippen LogP contribution in [0.3, 0.4) is 0 Å². The number of carbonyl (C=O) groups is 2. The van der Waals surface area contributed by atoms with Gasteiger partial charge in [0.1, 0.15) is 12.3 Å². The summed E-state index contributed by atoms with van der Waals surface area (Å²) in [5, 5.41) is 13.0. The Hall–Kier alpha value is -1.28. The third-order valence-electron chi connectivity index (χ3n) is 1.13. The molecule has 5 nitrogen and oxygen atoms in total. The molecule has 0 unspecified atom stereocenters. The lowest BCUT2D eigenvalue weighted by molar-refractivity contribution is -0.121. The van der Waals surface area contributed by atoms with Crippen LogP contribution in [0.4, 0.5) is 0 Å². The third kappa shape index (κ3) is 7.09. The standard InChI is InChI=1S/C7H10ClN3O2/c8-5-7(13)11-4-3-10-6(12)1-2-9/h1,3-5H2,(H,10,12)(H,11,13). The van der Waals surface area contributed by atoms with E-state index < -0.39 is 0 Å². The van der Waals surface area contributed by atoms with Crippen molar-refractivity contribution in [1.29, 1.82) is 5.26 Å². The summed E-state index contributed by atoms with van der Waals surface area (Å²) < 4.78 is 0. The highest BCUT2D eigenvalue weighted by Gasteiger charge is 1.99. The molecule has 72 valence electrons. The maximum atomic E-state index is 10.7. The van der Waals surface area contributed by atoms with Gasteiger partial charge in [0.25, 0.3) is 0 Å². The summed E-state index contributed by atoms with van der Waals surface area (Å²) in [6, 6.07) is 1.71. The largest absolute Gasteiger partial charge is 0.353 e. The average Bonchev–Trinajstić information content (AvgIpc) is 2.12. The van der Waals surface area contributed by atoms with Gasteiger partial charge in [-0.15, -0.1) is 11.6 Å². The number of nitriles is 1. The molecule has 0 radical (unpaired) electrons. The molecule has 0 aromatic carbocycles. The van der Waals surface area contributed by atoms with E-state index in [2.05, 4.69) is 10.6 Å². The highest BCUT2D eigenvalue weighted by molar-refractivity contribution is 6.27. The molecule has 2 N–H and O–H groups in total. The van der Waals surface area contributed by atoms with E-state index in [1.54, 1.807) is 6.07 Å². The van der Waals surface area contributed by atoms with E-state index in [1.807, 2.05) is 0 Å². The van der Waals surface area contributed by atoms with Crippen molar-refractivity contribution in [3.63, 3.8) is 0 Å². The second kappa shape index (κ2) is 7.37. The van der Waals surface area contributed by atoms with Gasteiger partial charge in [0.2, 0.25) is 11.8 Å². The predicted molar refractivity (Wildman–Crippen MR) is 47.0 cm³/mol. The molecular weight excluding hydrogens is 194 g/mol. The van der Waals surface area contributed by atoms with Gasteiger partial charge in [-0.2, -0.15) is 5.26 Å². The summed E-state index contributed by atoms with van der Waals surface area (Å²) in [6.07, 6.45) is -0.163. The Morgan fingerprint density at radius 3 is 2.23 bits per heavy atom. The van der Waals surface area contributed by atoms with Crippen LogP contribution >= 0.6 is 11.6 Å². The first-order valence-electron chi connectivity index (χ1n) is 3.67. The Bertz CT molecular complexity index is 224. The SMILES string of the molecule is N#CCC(=O)NCCNC(=O)CCl. The third-order valence-corrected chi connectivity index (χ3v) is 1.37. The number of amides is 2. The average molecular weight is 204 g/mol. The number of halogens is 1. The highest BCUT2D eigenvalue weighted by atomic mass is 35.5. The number of rotatable bonds is 5. The quantitative estimate of drug-likeness (QED) is 0.461. The zero-order valence-electron chi connectivity index (χ0n) is 6.97. The van der Waals surface area contributed by atoms with Crippen LogP contribution < -0.4 is 10.6 Å². The molecule has 0 aliphatic carbocycles. The van der Waals surface area contributed by atoms with Crippen LogP contribution in [-0.4, -0.2) is 30.8 Å². The molecule has 6 heteroatoms. The van der Waals surface area contributed by atoms with Crippen molar-refractivity contribution in [3.05, 3.63) is 0 Å². The first kappa shape index (κ1) is 11.7. The number of nitrogens with zero attached hydrogens (tertiary/aromatic N) is 1. The molecule has 0 spiro atoms. The summed E-state index contributed by atoms with van der Waals surface area (Å²) in [7, 11) is 0. The molecule has 13 heavy (non-hydrogen) atoms. The molecule has 0 heterocycles. The lowest BCUT2D eigenvalue weighted by Gasteiger charge is -2.03. The number of hydrogen-bond acceptors (Lipinski definition) is 3. The van der Waals surface area contributed by atoms with Crippen LogP contribution in [0.1, 0.15) is 6.42 Å².